The summed E-state index contributed by atoms with van der Waals surface area (Å²) in [6.07, 6.45) is 1.71. The zero-order chi connectivity index (χ0) is 13.1. The number of nitrogens with zero attached hydrogens (tertiary/aromatic N) is 2. The topological polar surface area (TPSA) is 48.7 Å². The number of rotatable bonds is 2. The van der Waals surface area contributed by atoms with Crippen molar-refractivity contribution in [2.45, 2.75) is 13.8 Å². The number of benzene rings is 1. The van der Waals surface area contributed by atoms with Crippen molar-refractivity contribution >= 4 is 34.1 Å². The van der Waals surface area contributed by atoms with Crippen LogP contribution in [0.2, 0.25) is 0 Å². The second-order valence-electron chi connectivity index (χ2n) is 4.00. The first-order chi connectivity index (χ1) is 8.63. The summed E-state index contributed by atoms with van der Waals surface area (Å²) in [5.41, 5.74) is 3.66. The molecule has 18 heavy (non-hydrogen) atoms. The number of hydrogen-bond acceptors (Lipinski definition) is 3. The van der Waals surface area contributed by atoms with E-state index in [1.165, 1.54) is 3.57 Å². The van der Waals surface area contributed by atoms with Gasteiger partial charge in [0.1, 0.15) is 11.9 Å². The third-order valence-corrected chi connectivity index (χ3v) is 3.96. The Morgan fingerprint density at radius 2 is 2.06 bits per heavy atom. The number of nitriles is 1. The second kappa shape index (κ2) is 5.36. The highest BCUT2D eigenvalue weighted by molar-refractivity contribution is 14.1. The van der Waals surface area contributed by atoms with Crippen LogP contribution in [0.4, 0.5) is 11.5 Å². The van der Waals surface area contributed by atoms with E-state index in [2.05, 4.69) is 45.0 Å². The molecule has 0 aliphatic carbocycles. The quantitative estimate of drug-likeness (QED) is 0.836. The molecule has 0 saturated heterocycles. The molecule has 0 amide bonds. The molecule has 1 N–H and O–H groups in total. The molecular formula is C14H12IN3. The Kier molecular flexibility index (Phi) is 3.82. The first-order valence-electron chi connectivity index (χ1n) is 5.51. The molecule has 0 saturated carbocycles. The van der Waals surface area contributed by atoms with Gasteiger partial charge in [-0.25, -0.2) is 4.98 Å². The number of halogens is 1. The van der Waals surface area contributed by atoms with Crippen molar-refractivity contribution < 1.29 is 0 Å². The van der Waals surface area contributed by atoms with E-state index in [1.54, 1.807) is 6.20 Å². The van der Waals surface area contributed by atoms with Crippen molar-refractivity contribution in [1.29, 1.82) is 5.26 Å². The van der Waals surface area contributed by atoms with Gasteiger partial charge >= 0.3 is 0 Å². The molecule has 0 bridgehead atoms. The van der Waals surface area contributed by atoms with E-state index in [-0.39, 0.29) is 0 Å². The van der Waals surface area contributed by atoms with Crippen molar-refractivity contribution in [3.05, 3.63) is 50.7 Å². The average Bonchev–Trinajstić information content (AvgIpc) is 2.35. The zero-order valence-corrected chi connectivity index (χ0v) is 12.3. The molecule has 1 aromatic carbocycles. The van der Waals surface area contributed by atoms with Crippen LogP contribution in [0.1, 0.15) is 16.7 Å². The molecule has 0 unspecified atom stereocenters. The largest absolute Gasteiger partial charge is 0.339 e. The van der Waals surface area contributed by atoms with Crippen LogP contribution in [0.25, 0.3) is 0 Å². The van der Waals surface area contributed by atoms with Crippen molar-refractivity contribution in [3.63, 3.8) is 0 Å². The molecule has 0 spiro atoms. The highest BCUT2D eigenvalue weighted by atomic mass is 127. The number of hydrogen-bond donors (Lipinski definition) is 1. The molecule has 2 rings (SSSR count). The molecule has 1 heterocycles. The van der Waals surface area contributed by atoms with E-state index in [9.17, 15) is 0 Å². The third-order valence-electron chi connectivity index (χ3n) is 2.79. The molecule has 0 fully saturated rings. The number of aryl methyl sites for hydroxylation is 1. The maximum atomic E-state index is 9.17. The summed E-state index contributed by atoms with van der Waals surface area (Å²) in [6.45, 7) is 3.96. The van der Waals surface area contributed by atoms with E-state index in [4.69, 9.17) is 5.26 Å². The maximum Gasteiger partial charge on any atom is 0.148 e. The van der Waals surface area contributed by atoms with Gasteiger partial charge < -0.3 is 5.32 Å². The predicted octanol–water partition coefficient (Wildman–Crippen LogP) is 3.92. The number of pyridine rings is 1. The fourth-order valence-electron chi connectivity index (χ4n) is 1.66. The van der Waals surface area contributed by atoms with Crippen LogP contribution in [0, 0.1) is 28.7 Å². The number of anilines is 2. The molecule has 90 valence electrons. The first-order valence-corrected chi connectivity index (χ1v) is 6.59. The molecule has 0 aliphatic rings. The molecule has 0 aliphatic heterocycles. The van der Waals surface area contributed by atoms with E-state index < -0.39 is 0 Å². The Hall–Kier alpha value is -1.61. The standard InChI is InChI=1S/C14H12IN3/c1-9-6-7-17-14(11(9)8-16)18-13-5-3-4-12(15)10(13)2/h3-7H,1-2H3,(H,17,18). The van der Waals surface area contributed by atoms with Gasteiger partial charge in [-0.3, -0.25) is 0 Å². The molecule has 0 atom stereocenters. The van der Waals surface area contributed by atoms with Crippen molar-refractivity contribution in [2.75, 3.05) is 5.32 Å². The summed E-state index contributed by atoms with van der Waals surface area (Å²) in [5.74, 6) is 0.614. The van der Waals surface area contributed by atoms with Crippen molar-refractivity contribution in [3.8, 4) is 6.07 Å². The van der Waals surface area contributed by atoms with Crippen LogP contribution in [-0.2, 0) is 0 Å². The van der Waals surface area contributed by atoms with Crippen LogP contribution < -0.4 is 5.32 Å². The summed E-state index contributed by atoms with van der Waals surface area (Å²) in [4.78, 5) is 4.24. The number of nitrogens with one attached hydrogen (secondary N) is 1. The Labute approximate surface area is 120 Å². The van der Waals surface area contributed by atoms with Gasteiger partial charge in [0.15, 0.2) is 0 Å². The van der Waals surface area contributed by atoms with Crippen LogP contribution in [0.5, 0.6) is 0 Å². The van der Waals surface area contributed by atoms with Gasteiger partial charge in [0, 0.05) is 15.5 Å². The summed E-state index contributed by atoms with van der Waals surface area (Å²) >= 11 is 2.29. The molecule has 3 nitrogen and oxygen atoms in total. The normalized spacial score (nSPS) is 9.89. The van der Waals surface area contributed by atoms with Gasteiger partial charge in [-0.1, -0.05) is 6.07 Å². The van der Waals surface area contributed by atoms with Gasteiger partial charge in [-0.05, 0) is 65.8 Å². The van der Waals surface area contributed by atoms with Gasteiger partial charge in [0.05, 0.1) is 5.56 Å². The molecular weight excluding hydrogens is 337 g/mol. The minimum Gasteiger partial charge on any atom is -0.339 e. The van der Waals surface area contributed by atoms with Crippen LogP contribution >= 0.6 is 22.6 Å². The fourth-order valence-corrected chi connectivity index (χ4v) is 2.16. The Morgan fingerprint density at radius 3 is 2.78 bits per heavy atom. The minimum atomic E-state index is 0.593. The Morgan fingerprint density at radius 1 is 1.28 bits per heavy atom. The third kappa shape index (κ3) is 2.46. The van der Waals surface area contributed by atoms with Crippen LogP contribution in [0.3, 0.4) is 0 Å². The molecule has 2 aromatic rings. The zero-order valence-electron chi connectivity index (χ0n) is 10.2. The van der Waals surface area contributed by atoms with E-state index in [1.807, 2.05) is 32.0 Å². The maximum absolute atomic E-state index is 9.17. The highest BCUT2D eigenvalue weighted by Gasteiger charge is 2.08. The lowest BCUT2D eigenvalue weighted by atomic mass is 10.1. The SMILES string of the molecule is Cc1ccnc(Nc2cccc(I)c2C)c1C#N. The Balaban J connectivity index is 2.44. The fraction of sp³-hybridized carbons (Fsp3) is 0.143. The highest BCUT2D eigenvalue weighted by Crippen LogP contribution is 2.25. The van der Waals surface area contributed by atoms with Gasteiger partial charge in [-0.2, -0.15) is 5.26 Å². The average molecular weight is 349 g/mol. The lowest BCUT2D eigenvalue weighted by Crippen LogP contribution is -2.00. The van der Waals surface area contributed by atoms with E-state index >= 15 is 0 Å². The molecule has 4 heteroatoms. The first kappa shape index (κ1) is 12.8. The monoisotopic (exact) mass is 349 g/mol. The Bertz CT molecular complexity index is 629. The molecule has 0 radical (unpaired) electrons. The second-order valence-corrected chi connectivity index (χ2v) is 5.16. The lowest BCUT2D eigenvalue weighted by molar-refractivity contribution is 1.24. The van der Waals surface area contributed by atoms with Crippen molar-refractivity contribution in [2.24, 2.45) is 0 Å². The molecule has 1 aromatic heterocycles. The van der Waals surface area contributed by atoms with Crippen LogP contribution in [0.15, 0.2) is 30.5 Å². The minimum absolute atomic E-state index is 0.593. The van der Waals surface area contributed by atoms with Crippen LogP contribution in [-0.4, -0.2) is 4.98 Å². The summed E-state index contributed by atoms with van der Waals surface area (Å²) in [5, 5.41) is 12.4. The number of aromatic nitrogens is 1. The van der Waals surface area contributed by atoms with Gasteiger partial charge in [0.25, 0.3) is 0 Å². The summed E-state index contributed by atoms with van der Waals surface area (Å²) in [7, 11) is 0. The van der Waals surface area contributed by atoms with E-state index in [0.29, 0.717) is 11.4 Å². The summed E-state index contributed by atoms with van der Waals surface area (Å²) in [6, 6.07) is 10.1. The van der Waals surface area contributed by atoms with E-state index in [0.717, 1.165) is 16.8 Å². The van der Waals surface area contributed by atoms with Gasteiger partial charge in [-0.15, -0.1) is 0 Å². The summed E-state index contributed by atoms with van der Waals surface area (Å²) < 4.78 is 1.18. The van der Waals surface area contributed by atoms with Crippen molar-refractivity contribution in [1.82, 2.24) is 4.98 Å². The predicted molar refractivity (Wildman–Crippen MR) is 80.9 cm³/mol. The smallest absolute Gasteiger partial charge is 0.148 e. The van der Waals surface area contributed by atoms with Gasteiger partial charge in [0.2, 0.25) is 0 Å². The lowest BCUT2D eigenvalue weighted by Gasteiger charge is -2.11.